The molecule has 1 aromatic heterocycles. The SMILES string of the molecule is C=C(C)NCCc1ccccn1.CC. The van der Waals surface area contributed by atoms with E-state index in [0.29, 0.717) is 0 Å². The van der Waals surface area contributed by atoms with Gasteiger partial charge in [-0.15, -0.1) is 0 Å². The Morgan fingerprint density at radius 2 is 2.14 bits per heavy atom. The molecule has 0 fully saturated rings. The van der Waals surface area contributed by atoms with Gasteiger partial charge in [0.25, 0.3) is 0 Å². The van der Waals surface area contributed by atoms with Crippen molar-refractivity contribution in [3.63, 3.8) is 0 Å². The van der Waals surface area contributed by atoms with Crippen molar-refractivity contribution in [2.24, 2.45) is 0 Å². The van der Waals surface area contributed by atoms with Gasteiger partial charge in [-0.05, 0) is 19.1 Å². The van der Waals surface area contributed by atoms with Gasteiger partial charge in [0.2, 0.25) is 0 Å². The van der Waals surface area contributed by atoms with E-state index in [9.17, 15) is 0 Å². The molecule has 0 atom stereocenters. The maximum atomic E-state index is 4.21. The molecule has 0 aliphatic heterocycles. The van der Waals surface area contributed by atoms with Gasteiger partial charge in [0.1, 0.15) is 0 Å². The maximum absolute atomic E-state index is 4.21. The highest BCUT2D eigenvalue weighted by molar-refractivity contribution is 5.04. The lowest BCUT2D eigenvalue weighted by Gasteiger charge is -2.03. The molecule has 0 saturated carbocycles. The van der Waals surface area contributed by atoms with Crippen molar-refractivity contribution in [2.75, 3.05) is 6.54 Å². The number of pyridine rings is 1. The molecule has 2 heteroatoms. The Morgan fingerprint density at radius 1 is 1.43 bits per heavy atom. The van der Waals surface area contributed by atoms with Gasteiger partial charge in [0, 0.05) is 30.6 Å². The van der Waals surface area contributed by atoms with E-state index in [0.717, 1.165) is 24.4 Å². The van der Waals surface area contributed by atoms with Crippen molar-refractivity contribution in [1.29, 1.82) is 0 Å². The zero-order chi connectivity index (χ0) is 10.8. The van der Waals surface area contributed by atoms with Crippen LogP contribution in [-0.4, -0.2) is 11.5 Å². The third-order valence-electron chi connectivity index (χ3n) is 1.53. The Hall–Kier alpha value is -1.31. The molecule has 0 aromatic carbocycles. The second-order valence-electron chi connectivity index (χ2n) is 2.78. The first kappa shape index (κ1) is 12.7. The number of allylic oxidation sites excluding steroid dienone is 1. The van der Waals surface area contributed by atoms with Crippen molar-refractivity contribution in [2.45, 2.75) is 27.2 Å². The second-order valence-corrected chi connectivity index (χ2v) is 2.78. The van der Waals surface area contributed by atoms with Crippen LogP contribution in [0.4, 0.5) is 0 Å². The molecule has 0 spiro atoms. The Kier molecular flexibility index (Phi) is 7.52. The summed E-state index contributed by atoms with van der Waals surface area (Å²) in [6.45, 7) is 10.6. The fourth-order valence-corrected chi connectivity index (χ4v) is 0.950. The van der Waals surface area contributed by atoms with Crippen LogP contribution in [0.15, 0.2) is 36.7 Å². The van der Waals surface area contributed by atoms with Crippen LogP contribution in [0.2, 0.25) is 0 Å². The number of aromatic nitrogens is 1. The van der Waals surface area contributed by atoms with Crippen LogP contribution >= 0.6 is 0 Å². The van der Waals surface area contributed by atoms with Gasteiger partial charge < -0.3 is 5.32 Å². The number of rotatable bonds is 4. The van der Waals surface area contributed by atoms with Crippen LogP contribution in [0, 0.1) is 0 Å². The Bertz CT molecular complexity index is 242. The zero-order valence-corrected chi connectivity index (χ0v) is 9.38. The molecule has 0 amide bonds. The highest BCUT2D eigenvalue weighted by Crippen LogP contribution is 1.93. The van der Waals surface area contributed by atoms with Crippen molar-refractivity contribution in [1.82, 2.24) is 10.3 Å². The van der Waals surface area contributed by atoms with E-state index >= 15 is 0 Å². The molecule has 1 rings (SSSR count). The second kappa shape index (κ2) is 8.30. The molecule has 0 unspecified atom stereocenters. The molecule has 0 aliphatic rings. The first-order valence-corrected chi connectivity index (χ1v) is 5.08. The molecule has 0 radical (unpaired) electrons. The molecule has 0 aliphatic carbocycles. The van der Waals surface area contributed by atoms with Gasteiger partial charge in [-0.1, -0.05) is 26.5 Å². The summed E-state index contributed by atoms with van der Waals surface area (Å²) in [6, 6.07) is 5.96. The summed E-state index contributed by atoms with van der Waals surface area (Å²) in [5.41, 5.74) is 2.12. The van der Waals surface area contributed by atoms with E-state index in [1.54, 1.807) is 0 Å². The monoisotopic (exact) mass is 192 g/mol. The molecular weight excluding hydrogens is 172 g/mol. The van der Waals surface area contributed by atoms with Gasteiger partial charge >= 0.3 is 0 Å². The summed E-state index contributed by atoms with van der Waals surface area (Å²) in [7, 11) is 0. The lowest BCUT2D eigenvalue weighted by molar-refractivity contribution is 0.776. The van der Waals surface area contributed by atoms with Crippen LogP contribution in [0.3, 0.4) is 0 Å². The average molecular weight is 192 g/mol. The van der Waals surface area contributed by atoms with Gasteiger partial charge in [0.05, 0.1) is 0 Å². The lowest BCUT2D eigenvalue weighted by Crippen LogP contribution is -2.14. The minimum atomic E-state index is 0.909. The maximum Gasteiger partial charge on any atom is 0.0421 e. The first-order chi connectivity index (χ1) is 6.79. The third-order valence-corrected chi connectivity index (χ3v) is 1.53. The molecular formula is C12H20N2. The van der Waals surface area contributed by atoms with Gasteiger partial charge in [-0.3, -0.25) is 4.98 Å². The highest BCUT2D eigenvalue weighted by atomic mass is 14.9. The quantitative estimate of drug-likeness (QED) is 0.793. The zero-order valence-electron chi connectivity index (χ0n) is 9.38. The van der Waals surface area contributed by atoms with Crippen LogP contribution < -0.4 is 5.32 Å². The molecule has 78 valence electrons. The topological polar surface area (TPSA) is 24.9 Å². The Labute approximate surface area is 87.1 Å². The number of hydrogen-bond acceptors (Lipinski definition) is 2. The summed E-state index contributed by atoms with van der Waals surface area (Å²) >= 11 is 0. The highest BCUT2D eigenvalue weighted by Gasteiger charge is 1.91. The Balaban J connectivity index is 0.000000791. The van der Waals surface area contributed by atoms with Crippen LogP contribution in [0.25, 0.3) is 0 Å². The molecule has 1 N–H and O–H groups in total. The van der Waals surface area contributed by atoms with Crippen LogP contribution in [0.1, 0.15) is 26.5 Å². The summed E-state index contributed by atoms with van der Waals surface area (Å²) in [4.78, 5) is 4.21. The lowest BCUT2D eigenvalue weighted by atomic mass is 10.3. The molecule has 1 aromatic rings. The predicted octanol–water partition coefficient (Wildman–Crippen LogP) is 2.77. The van der Waals surface area contributed by atoms with E-state index in [4.69, 9.17) is 0 Å². The van der Waals surface area contributed by atoms with Gasteiger partial charge in [0.15, 0.2) is 0 Å². The number of nitrogens with one attached hydrogen (secondary N) is 1. The van der Waals surface area contributed by atoms with Crippen LogP contribution in [0.5, 0.6) is 0 Å². The normalized spacial score (nSPS) is 8.50. The predicted molar refractivity (Wildman–Crippen MR) is 62.1 cm³/mol. The van der Waals surface area contributed by atoms with E-state index < -0.39 is 0 Å². The third kappa shape index (κ3) is 6.23. The summed E-state index contributed by atoms with van der Waals surface area (Å²) in [5.74, 6) is 0. The molecule has 0 bridgehead atoms. The summed E-state index contributed by atoms with van der Waals surface area (Å²) in [6.07, 6.45) is 2.77. The minimum Gasteiger partial charge on any atom is -0.389 e. The van der Waals surface area contributed by atoms with Crippen molar-refractivity contribution in [3.8, 4) is 0 Å². The van der Waals surface area contributed by atoms with Gasteiger partial charge in [-0.25, -0.2) is 0 Å². The first-order valence-electron chi connectivity index (χ1n) is 5.08. The van der Waals surface area contributed by atoms with Crippen molar-refractivity contribution >= 4 is 0 Å². The van der Waals surface area contributed by atoms with Crippen LogP contribution in [-0.2, 0) is 6.42 Å². The fourth-order valence-electron chi connectivity index (χ4n) is 0.950. The molecule has 1 heterocycles. The Morgan fingerprint density at radius 3 is 2.64 bits per heavy atom. The van der Waals surface area contributed by atoms with E-state index in [1.807, 2.05) is 45.2 Å². The van der Waals surface area contributed by atoms with E-state index in [2.05, 4.69) is 16.9 Å². The number of nitrogens with zero attached hydrogens (tertiary/aromatic N) is 1. The largest absolute Gasteiger partial charge is 0.389 e. The van der Waals surface area contributed by atoms with Crippen molar-refractivity contribution < 1.29 is 0 Å². The average Bonchev–Trinajstić information content (AvgIpc) is 2.22. The summed E-state index contributed by atoms with van der Waals surface area (Å²) in [5, 5.41) is 3.16. The van der Waals surface area contributed by atoms with Crippen molar-refractivity contribution in [3.05, 3.63) is 42.4 Å². The summed E-state index contributed by atoms with van der Waals surface area (Å²) < 4.78 is 0. The molecule has 14 heavy (non-hydrogen) atoms. The number of hydrogen-bond donors (Lipinski definition) is 1. The molecule has 0 saturated heterocycles. The molecule has 2 nitrogen and oxygen atoms in total. The van der Waals surface area contributed by atoms with E-state index in [1.165, 1.54) is 0 Å². The standard InChI is InChI=1S/C10H14N2.C2H6/c1-9(2)11-8-6-10-5-3-4-7-12-10;1-2/h3-5,7,11H,1,6,8H2,2H3;1-2H3. The smallest absolute Gasteiger partial charge is 0.0421 e. The minimum absolute atomic E-state index is 0.909. The van der Waals surface area contributed by atoms with E-state index in [-0.39, 0.29) is 0 Å². The van der Waals surface area contributed by atoms with Gasteiger partial charge in [-0.2, -0.15) is 0 Å². The fraction of sp³-hybridized carbons (Fsp3) is 0.417.